The van der Waals surface area contributed by atoms with Crippen LogP contribution in [0.15, 0.2) is 6.07 Å². The Kier molecular flexibility index (Phi) is 4.61. The maximum Gasteiger partial charge on any atom is 0.136 e. The number of nitrogens with zero attached hydrogens (tertiary/aromatic N) is 2. The van der Waals surface area contributed by atoms with Crippen LogP contribution in [0.5, 0.6) is 0 Å². The molecule has 1 aromatic rings. The Bertz CT molecular complexity index is 411. The molecule has 1 atom stereocenters. The summed E-state index contributed by atoms with van der Waals surface area (Å²) in [5.74, 6) is 4.14. The third-order valence-corrected chi connectivity index (χ3v) is 4.07. The predicted octanol–water partition coefficient (Wildman–Crippen LogP) is 3.63. The lowest BCUT2D eigenvalue weighted by molar-refractivity contribution is 0.437. The number of nitrogens with one attached hydrogen (secondary N) is 2. The maximum atomic E-state index is 4.67. The highest BCUT2D eigenvalue weighted by Crippen LogP contribution is 2.38. The van der Waals surface area contributed by atoms with Gasteiger partial charge in [-0.15, -0.1) is 0 Å². The number of hydrogen-bond donors (Lipinski definition) is 2. The molecule has 0 bridgehead atoms. The minimum atomic E-state index is 0.446. The molecule has 0 saturated heterocycles. The smallest absolute Gasteiger partial charge is 0.136 e. The Morgan fingerprint density at radius 3 is 2.37 bits per heavy atom. The van der Waals surface area contributed by atoms with Gasteiger partial charge in [-0.25, -0.2) is 9.97 Å². The van der Waals surface area contributed by atoms with Crippen LogP contribution >= 0.6 is 0 Å². The van der Waals surface area contributed by atoms with Crippen LogP contribution < -0.4 is 10.6 Å². The van der Waals surface area contributed by atoms with Gasteiger partial charge in [0, 0.05) is 25.1 Å². The van der Waals surface area contributed by atoms with Crippen molar-refractivity contribution in [3.63, 3.8) is 0 Å². The van der Waals surface area contributed by atoms with Crippen LogP contribution in [-0.4, -0.2) is 23.1 Å². The molecule has 0 aliphatic heterocycles. The largest absolute Gasteiger partial charge is 0.373 e. The summed E-state index contributed by atoms with van der Waals surface area (Å²) < 4.78 is 0. The molecule has 1 unspecified atom stereocenters. The molecule has 1 fully saturated rings. The van der Waals surface area contributed by atoms with Gasteiger partial charge in [0.25, 0.3) is 0 Å². The molecule has 0 amide bonds. The van der Waals surface area contributed by atoms with E-state index >= 15 is 0 Å². The lowest BCUT2D eigenvalue weighted by Crippen LogP contribution is -2.25. The molecule has 1 aliphatic carbocycles. The van der Waals surface area contributed by atoms with Gasteiger partial charge < -0.3 is 10.6 Å². The van der Waals surface area contributed by atoms with Crippen molar-refractivity contribution in [2.75, 3.05) is 17.7 Å². The van der Waals surface area contributed by atoms with Crippen molar-refractivity contribution in [1.82, 2.24) is 9.97 Å². The second-order valence-electron chi connectivity index (χ2n) is 5.53. The minimum Gasteiger partial charge on any atom is -0.373 e. The van der Waals surface area contributed by atoms with E-state index in [9.17, 15) is 0 Å². The lowest BCUT2D eigenvalue weighted by Gasteiger charge is -2.23. The molecule has 19 heavy (non-hydrogen) atoms. The van der Waals surface area contributed by atoms with Gasteiger partial charge in [-0.1, -0.05) is 26.7 Å². The zero-order valence-electron chi connectivity index (χ0n) is 12.5. The first-order valence-electron chi connectivity index (χ1n) is 7.51. The molecule has 1 saturated carbocycles. The summed E-state index contributed by atoms with van der Waals surface area (Å²) in [7, 11) is 1.91. The highest BCUT2D eigenvalue weighted by atomic mass is 15.1. The highest BCUT2D eigenvalue weighted by Gasteiger charge is 2.27. The van der Waals surface area contributed by atoms with Crippen LogP contribution in [0.25, 0.3) is 0 Å². The summed E-state index contributed by atoms with van der Waals surface area (Å²) in [6, 6.07) is 2.45. The summed E-state index contributed by atoms with van der Waals surface area (Å²) in [5.41, 5.74) is 0. The first kappa shape index (κ1) is 14.1. The van der Waals surface area contributed by atoms with Crippen LogP contribution in [0.2, 0.25) is 0 Å². The quantitative estimate of drug-likeness (QED) is 0.788. The van der Waals surface area contributed by atoms with Crippen LogP contribution in [-0.2, 0) is 0 Å². The molecule has 0 spiro atoms. The van der Waals surface area contributed by atoms with E-state index in [0.717, 1.165) is 17.5 Å². The van der Waals surface area contributed by atoms with Crippen LogP contribution in [0.1, 0.15) is 58.2 Å². The molecule has 106 valence electrons. The number of aromatic nitrogens is 2. The SMILES string of the molecule is CCC(CC)C(C)Nc1cc(NC)nc(C2CC2)n1. The third kappa shape index (κ3) is 3.58. The van der Waals surface area contributed by atoms with Gasteiger partial charge in [0.05, 0.1) is 0 Å². The zero-order chi connectivity index (χ0) is 13.8. The Morgan fingerprint density at radius 2 is 1.84 bits per heavy atom. The van der Waals surface area contributed by atoms with E-state index in [1.54, 1.807) is 0 Å². The third-order valence-electron chi connectivity index (χ3n) is 4.07. The van der Waals surface area contributed by atoms with E-state index in [4.69, 9.17) is 0 Å². The fourth-order valence-electron chi connectivity index (χ4n) is 2.54. The number of rotatable bonds is 7. The molecule has 2 N–H and O–H groups in total. The van der Waals surface area contributed by atoms with Crippen LogP contribution in [0, 0.1) is 5.92 Å². The fourth-order valence-corrected chi connectivity index (χ4v) is 2.54. The number of anilines is 2. The van der Waals surface area contributed by atoms with Crippen molar-refractivity contribution in [3.05, 3.63) is 11.9 Å². The zero-order valence-corrected chi connectivity index (χ0v) is 12.5. The second kappa shape index (κ2) is 6.22. The van der Waals surface area contributed by atoms with Crippen LogP contribution in [0.3, 0.4) is 0 Å². The maximum absolute atomic E-state index is 4.67. The second-order valence-corrected chi connectivity index (χ2v) is 5.53. The first-order valence-corrected chi connectivity index (χ1v) is 7.51. The Morgan fingerprint density at radius 1 is 1.21 bits per heavy atom. The van der Waals surface area contributed by atoms with Gasteiger partial charge in [0.15, 0.2) is 0 Å². The standard InChI is InChI=1S/C15H26N4/c1-5-11(6-2)10(3)17-14-9-13(16-4)18-15(19-14)12-7-8-12/h9-12H,5-8H2,1-4H3,(H2,16,17,18,19). The topological polar surface area (TPSA) is 49.8 Å². The summed E-state index contributed by atoms with van der Waals surface area (Å²) in [6.45, 7) is 6.75. The van der Waals surface area contributed by atoms with E-state index in [0.29, 0.717) is 17.9 Å². The molecule has 0 aromatic carbocycles. The van der Waals surface area contributed by atoms with Gasteiger partial charge in [-0.3, -0.25) is 0 Å². The minimum absolute atomic E-state index is 0.446. The Balaban J connectivity index is 2.12. The molecular formula is C15H26N4. The van der Waals surface area contributed by atoms with Gasteiger partial charge in [0.1, 0.15) is 17.5 Å². The molecule has 1 heterocycles. The molecule has 4 heteroatoms. The van der Waals surface area contributed by atoms with Crippen molar-refractivity contribution in [2.24, 2.45) is 5.92 Å². The monoisotopic (exact) mass is 262 g/mol. The molecular weight excluding hydrogens is 236 g/mol. The summed E-state index contributed by atoms with van der Waals surface area (Å²) in [6.07, 6.45) is 4.86. The molecule has 4 nitrogen and oxygen atoms in total. The van der Waals surface area contributed by atoms with Crippen molar-refractivity contribution >= 4 is 11.6 Å². The van der Waals surface area contributed by atoms with Crippen molar-refractivity contribution < 1.29 is 0 Å². The number of hydrogen-bond acceptors (Lipinski definition) is 4. The normalized spacial score (nSPS) is 16.5. The molecule has 2 rings (SSSR count). The average molecular weight is 262 g/mol. The lowest BCUT2D eigenvalue weighted by atomic mass is 9.95. The van der Waals surface area contributed by atoms with E-state index in [-0.39, 0.29) is 0 Å². The summed E-state index contributed by atoms with van der Waals surface area (Å²) >= 11 is 0. The fraction of sp³-hybridized carbons (Fsp3) is 0.733. The molecule has 0 radical (unpaired) electrons. The molecule has 1 aliphatic rings. The summed E-state index contributed by atoms with van der Waals surface area (Å²) in [5, 5.41) is 6.68. The van der Waals surface area contributed by atoms with E-state index in [1.165, 1.54) is 25.7 Å². The Hall–Kier alpha value is -1.32. The van der Waals surface area contributed by atoms with E-state index in [1.807, 2.05) is 13.1 Å². The van der Waals surface area contributed by atoms with Gasteiger partial charge >= 0.3 is 0 Å². The van der Waals surface area contributed by atoms with Gasteiger partial charge in [0.2, 0.25) is 0 Å². The predicted molar refractivity (Wildman–Crippen MR) is 80.7 cm³/mol. The van der Waals surface area contributed by atoms with Gasteiger partial charge in [-0.2, -0.15) is 0 Å². The molecule has 1 aromatic heterocycles. The van der Waals surface area contributed by atoms with Gasteiger partial charge in [-0.05, 0) is 25.7 Å². The average Bonchev–Trinajstić information content (AvgIpc) is 3.24. The van der Waals surface area contributed by atoms with Crippen molar-refractivity contribution in [3.8, 4) is 0 Å². The highest BCUT2D eigenvalue weighted by molar-refractivity contribution is 5.48. The van der Waals surface area contributed by atoms with E-state index < -0.39 is 0 Å². The van der Waals surface area contributed by atoms with Crippen molar-refractivity contribution in [1.29, 1.82) is 0 Å². The Labute approximate surface area is 116 Å². The van der Waals surface area contributed by atoms with E-state index in [2.05, 4.69) is 41.4 Å². The van der Waals surface area contributed by atoms with Crippen LogP contribution in [0.4, 0.5) is 11.6 Å². The first-order chi connectivity index (χ1) is 9.17. The summed E-state index contributed by atoms with van der Waals surface area (Å²) in [4.78, 5) is 9.22. The van der Waals surface area contributed by atoms with Crippen molar-refractivity contribution in [2.45, 2.75) is 58.4 Å².